The van der Waals surface area contributed by atoms with Crippen LogP contribution in [0.2, 0.25) is 0 Å². The highest BCUT2D eigenvalue weighted by atomic mass is 32.2. The summed E-state index contributed by atoms with van der Waals surface area (Å²) in [6.07, 6.45) is 0. The Morgan fingerprint density at radius 3 is 2.40 bits per heavy atom. The van der Waals surface area contributed by atoms with Gasteiger partial charge in [-0.3, -0.25) is 14.5 Å². The van der Waals surface area contributed by atoms with Crippen molar-refractivity contribution in [2.24, 2.45) is 0 Å². The van der Waals surface area contributed by atoms with Crippen LogP contribution in [0, 0.1) is 0 Å². The van der Waals surface area contributed by atoms with Crippen LogP contribution in [0.3, 0.4) is 0 Å². The van der Waals surface area contributed by atoms with Gasteiger partial charge >= 0.3 is 0 Å². The van der Waals surface area contributed by atoms with Crippen molar-refractivity contribution in [3.8, 4) is 5.75 Å². The van der Waals surface area contributed by atoms with Gasteiger partial charge in [-0.15, -0.1) is 11.8 Å². The SMILES string of the molecule is CCOc1ccc(N2C(=O)CSC2c2ccc(NC(=O)c3ccccc3)cc2)cc1. The van der Waals surface area contributed by atoms with Crippen molar-refractivity contribution >= 4 is 35.0 Å². The molecule has 0 bridgehead atoms. The van der Waals surface area contributed by atoms with Gasteiger partial charge in [0.1, 0.15) is 11.1 Å². The van der Waals surface area contributed by atoms with Gasteiger partial charge in [0, 0.05) is 16.9 Å². The summed E-state index contributed by atoms with van der Waals surface area (Å²) in [4.78, 5) is 26.7. The Morgan fingerprint density at radius 2 is 1.73 bits per heavy atom. The summed E-state index contributed by atoms with van der Waals surface area (Å²) in [6.45, 7) is 2.55. The molecular formula is C24H22N2O3S. The van der Waals surface area contributed by atoms with Gasteiger partial charge in [0.2, 0.25) is 5.91 Å². The smallest absolute Gasteiger partial charge is 0.255 e. The van der Waals surface area contributed by atoms with Crippen LogP contribution < -0.4 is 15.0 Å². The molecule has 4 rings (SSSR count). The Bertz CT molecular complexity index is 1020. The van der Waals surface area contributed by atoms with Crippen LogP contribution in [0.5, 0.6) is 5.75 Å². The number of hydrogen-bond acceptors (Lipinski definition) is 4. The number of thioether (sulfide) groups is 1. The molecule has 1 N–H and O–H groups in total. The predicted octanol–water partition coefficient (Wildman–Crippen LogP) is 5.12. The first kappa shape index (κ1) is 20.0. The topological polar surface area (TPSA) is 58.6 Å². The largest absolute Gasteiger partial charge is 0.494 e. The van der Waals surface area contributed by atoms with Crippen LogP contribution in [-0.2, 0) is 4.79 Å². The second-order valence-corrected chi connectivity index (χ2v) is 7.86. The highest BCUT2D eigenvalue weighted by molar-refractivity contribution is 8.00. The van der Waals surface area contributed by atoms with Crippen LogP contribution >= 0.6 is 11.8 Å². The number of anilines is 2. The molecule has 1 aliphatic rings. The normalized spacial score (nSPS) is 15.8. The zero-order valence-electron chi connectivity index (χ0n) is 16.6. The van der Waals surface area contributed by atoms with Gasteiger partial charge in [0.15, 0.2) is 0 Å². The molecule has 1 fully saturated rings. The third-order valence-electron chi connectivity index (χ3n) is 4.78. The Kier molecular flexibility index (Phi) is 6.05. The minimum Gasteiger partial charge on any atom is -0.494 e. The quantitative estimate of drug-likeness (QED) is 0.604. The molecular weight excluding hydrogens is 396 g/mol. The number of amides is 2. The van der Waals surface area contributed by atoms with E-state index in [9.17, 15) is 9.59 Å². The van der Waals surface area contributed by atoms with E-state index in [0.717, 1.165) is 22.7 Å². The van der Waals surface area contributed by atoms with Crippen LogP contribution in [0.25, 0.3) is 0 Å². The molecule has 1 saturated heterocycles. The number of benzene rings is 3. The minimum atomic E-state index is -0.148. The van der Waals surface area contributed by atoms with Gasteiger partial charge in [-0.25, -0.2) is 0 Å². The standard InChI is InChI=1S/C24H22N2O3S/c1-2-29-21-14-12-20(13-15-21)26-22(27)16-30-24(26)18-8-10-19(11-9-18)25-23(28)17-6-4-3-5-7-17/h3-15,24H,2,16H2,1H3,(H,25,28). The Labute approximate surface area is 180 Å². The molecule has 1 unspecified atom stereocenters. The van der Waals surface area contributed by atoms with Crippen molar-refractivity contribution < 1.29 is 14.3 Å². The average molecular weight is 419 g/mol. The molecule has 3 aromatic rings. The molecule has 30 heavy (non-hydrogen) atoms. The van der Waals surface area contributed by atoms with E-state index in [1.54, 1.807) is 23.9 Å². The molecule has 1 heterocycles. The zero-order valence-corrected chi connectivity index (χ0v) is 17.4. The maximum absolute atomic E-state index is 12.6. The first-order valence-corrected chi connectivity index (χ1v) is 10.8. The number of hydrogen-bond donors (Lipinski definition) is 1. The minimum absolute atomic E-state index is 0.0793. The third-order valence-corrected chi connectivity index (χ3v) is 6.00. The first-order valence-electron chi connectivity index (χ1n) is 9.78. The lowest BCUT2D eigenvalue weighted by Crippen LogP contribution is -2.27. The Hall–Kier alpha value is -3.25. The van der Waals surface area contributed by atoms with Gasteiger partial charge in [0.05, 0.1) is 12.4 Å². The fourth-order valence-corrected chi connectivity index (χ4v) is 4.52. The fourth-order valence-electron chi connectivity index (χ4n) is 3.34. The second kappa shape index (κ2) is 9.05. The number of nitrogens with zero attached hydrogens (tertiary/aromatic N) is 1. The molecule has 0 spiro atoms. The summed E-state index contributed by atoms with van der Waals surface area (Å²) in [7, 11) is 0. The van der Waals surface area contributed by atoms with E-state index < -0.39 is 0 Å². The average Bonchev–Trinajstić information content (AvgIpc) is 3.17. The van der Waals surface area contributed by atoms with E-state index in [-0.39, 0.29) is 17.2 Å². The van der Waals surface area contributed by atoms with Gasteiger partial charge < -0.3 is 10.1 Å². The van der Waals surface area contributed by atoms with Crippen molar-refractivity contribution in [2.45, 2.75) is 12.3 Å². The summed E-state index contributed by atoms with van der Waals surface area (Å²) in [5, 5.41) is 2.80. The highest BCUT2D eigenvalue weighted by Gasteiger charge is 2.34. The maximum Gasteiger partial charge on any atom is 0.255 e. The van der Waals surface area contributed by atoms with Gasteiger partial charge in [-0.1, -0.05) is 30.3 Å². The van der Waals surface area contributed by atoms with Crippen LogP contribution in [0.1, 0.15) is 28.2 Å². The molecule has 5 nitrogen and oxygen atoms in total. The summed E-state index contributed by atoms with van der Waals surface area (Å²) >= 11 is 1.60. The zero-order chi connectivity index (χ0) is 20.9. The second-order valence-electron chi connectivity index (χ2n) is 6.80. The van der Waals surface area contributed by atoms with Crippen molar-refractivity contribution in [3.05, 3.63) is 90.0 Å². The monoisotopic (exact) mass is 418 g/mol. The van der Waals surface area contributed by atoms with Crippen molar-refractivity contribution in [3.63, 3.8) is 0 Å². The van der Waals surface area contributed by atoms with Gasteiger partial charge in [-0.05, 0) is 61.0 Å². The number of ether oxygens (including phenoxy) is 1. The van der Waals surface area contributed by atoms with Gasteiger partial charge in [-0.2, -0.15) is 0 Å². The molecule has 0 aromatic heterocycles. The lowest BCUT2D eigenvalue weighted by molar-refractivity contribution is -0.115. The van der Waals surface area contributed by atoms with E-state index >= 15 is 0 Å². The number of carbonyl (C=O) groups is 2. The molecule has 0 aliphatic carbocycles. The van der Waals surface area contributed by atoms with Crippen LogP contribution in [-0.4, -0.2) is 24.2 Å². The van der Waals surface area contributed by atoms with E-state index in [0.29, 0.717) is 17.9 Å². The van der Waals surface area contributed by atoms with E-state index in [2.05, 4.69) is 5.32 Å². The predicted molar refractivity (Wildman–Crippen MR) is 121 cm³/mol. The molecule has 3 aromatic carbocycles. The van der Waals surface area contributed by atoms with E-state index in [1.165, 1.54) is 0 Å². The lowest BCUT2D eigenvalue weighted by atomic mass is 10.1. The molecule has 1 aliphatic heterocycles. The van der Waals surface area contributed by atoms with E-state index in [4.69, 9.17) is 4.74 Å². The fraction of sp³-hybridized carbons (Fsp3) is 0.167. The number of carbonyl (C=O) groups excluding carboxylic acids is 2. The lowest BCUT2D eigenvalue weighted by Gasteiger charge is -2.24. The molecule has 0 radical (unpaired) electrons. The number of nitrogens with one attached hydrogen (secondary N) is 1. The summed E-state index contributed by atoms with van der Waals surface area (Å²) in [5.74, 6) is 1.15. The van der Waals surface area contributed by atoms with Crippen molar-refractivity contribution in [1.82, 2.24) is 0 Å². The molecule has 2 amide bonds. The van der Waals surface area contributed by atoms with E-state index in [1.807, 2.05) is 78.6 Å². The summed E-state index contributed by atoms with van der Waals surface area (Å²) in [6, 6.07) is 24.3. The first-order chi connectivity index (χ1) is 14.7. The Balaban J connectivity index is 1.50. The Morgan fingerprint density at radius 1 is 1.03 bits per heavy atom. The van der Waals surface area contributed by atoms with Crippen molar-refractivity contribution in [2.75, 3.05) is 22.6 Å². The van der Waals surface area contributed by atoms with Gasteiger partial charge in [0.25, 0.3) is 5.91 Å². The summed E-state index contributed by atoms with van der Waals surface area (Å²) in [5.41, 5.74) is 3.19. The van der Waals surface area contributed by atoms with Crippen LogP contribution in [0.15, 0.2) is 78.9 Å². The number of rotatable bonds is 6. The molecule has 0 saturated carbocycles. The molecule has 1 atom stereocenters. The maximum atomic E-state index is 12.6. The highest BCUT2D eigenvalue weighted by Crippen LogP contribution is 2.42. The molecule has 152 valence electrons. The van der Waals surface area contributed by atoms with Crippen LogP contribution in [0.4, 0.5) is 11.4 Å². The molecule has 6 heteroatoms. The summed E-state index contributed by atoms with van der Waals surface area (Å²) < 4.78 is 5.50. The van der Waals surface area contributed by atoms with Crippen molar-refractivity contribution in [1.29, 1.82) is 0 Å². The third kappa shape index (κ3) is 4.33.